The van der Waals surface area contributed by atoms with E-state index in [9.17, 15) is 9.18 Å². The number of carbonyl (C=O) groups is 1. The van der Waals surface area contributed by atoms with Crippen molar-refractivity contribution < 1.29 is 9.18 Å². The Balaban J connectivity index is 1.85. The summed E-state index contributed by atoms with van der Waals surface area (Å²) in [6.45, 7) is 0.0769. The fraction of sp³-hybridized carbons (Fsp3) is 0.167. The van der Waals surface area contributed by atoms with Crippen molar-refractivity contribution in [2.45, 2.75) is 0 Å². The molecule has 0 spiro atoms. The molecule has 0 aliphatic heterocycles. The standard InChI is InChI=1S/C12H13FN4O/c1-17-6-5-11(16-17)14-8-12(18)15-10-4-2-3-9(13)7-10/h2-7H,8H2,1H3,(H,14,16)(H,15,18). The zero-order valence-electron chi connectivity index (χ0n) is 9.85. The van der Waals surface area contributed by atoms with Gasteiger partial charge in [-0.25, -0.2) is 4.39 Å². The summed E-state index contributed by atoms with van der Waals surface area (Å²) in [6, 6.07) is 7.51. The van der Waals surface area contributed by atoms with Gasteiger partial charge in [-0.05, 0) is 18.2 Å². The lowest BCUT2D eigenvalue weighted by Crippen LogP contribution is -2.22. The molecule has 0 radical (unpaired) electrons. The van der Waals surface area contributed by atoms with Crippen LogP contribution in [0, 0.1) is 5.82 Å². The van der Waals surface area contributed by atoms with E-state index in [0.29, 0.717) is 11.5 Å². The molecule has 1 heterocycles. The Morgan fingerprint density at radius 3 is 2.94 bits per heavy atom. The lowest BCUT2D eigenvalue weighted by molar-refractivity contribution is -0.114. The molecule has 94 valence electrons. The molecule has 18 heavy (non-hydrogen) atoms. The van der Waals surface area contributed by atoms with Crippen molar-refractivity contribution in [3.05, 3.63) is 42.3 Å². The van der Waals surface area contributed by atoms with E-state index >= 15 is 0 Å². The monoisotopic (exact) mass is 248 g/mol. The summed E-state index contributed by atoms with van der Waals surface area (Å²) in [5, 5.41) is 9.52. The van der Waals surface area contributed by atoms with Gasteiger partial charge in [0.15, 0.2) is 0 Å². The molecule has 0 saturated heterocycles. The fourth-order valence-corrected chi connectivity index (χ4v) is 1.45. The molecule has 0 aliphatic rings. The second kappa shape index (κ2) is 5.31. The molecule has 2 rings (SSSR count). The summed E-state index contributed by atoms with van der Waals surface area (Å²) in [4.78, 5) is 11.6. The van der Waals surface area contributed by atoms with Crippen LogP contribution in [0.2, 0.25) is 0 Å². The fourth-order valence-electron chi connectivity index (χ4n) is 1.45. The molecular weight excluding hydrogens is 235 g/mol. The number of halogens is 1. The molecule has 0 atom stereocenters. The number of rotatable bonds is 4. The van der Waals surface area contributed by atoms with Crippen LogP contribution in [0.4, 0.5) is 15.9 Å². The van der Waals surface area contributed by atoms with E-state index in [4.69, 9.17) is 0 Å². The van der Waals surface area contributed by atoms with Crippen LogP contribution < -0.4 is 10.6 Å². The van der Waals surface area contributed by atoms with Crippen molar-refractivity contribution in [2.75, 3.05) is 17.2 Å². The number of hydrogen-bond acceptors (Lipinski definition) is 3. The highest BCUT2D eigenvalue weighted by Gasteiger charge is 2.04. The smallest absolute Gasteiger partial charge is 0.243 e. The Labute approximate surface area is 104 Å². The summed E-state index contributed by atoms with van der Waals surface area (Å²) >= 11 is 0. The maximum Gasteiger partial charge on any atom is 0.243 e. The SMILES string of the molecule is Cn1ccc(NCC(=O)Nc2cccc(F)c2)n1. The summed E-state index contributed by atoms with van der Waals surface area (Å²) in [5.74, 6) is -0.0244. The Kier molecular flexibility index (Phi) is 3.57. The van der Waals surface area contributed by atoms with Gasteiger partial charge in [0, 0.05) is 25.0 Å². The van der Waals surface area contributed by atoms with E-state index in [-0.39, 0.29) is 18.3 Å². The van der Waals surface area contributed by atoms with E-state index < -0.39 is 0 Å². The average Bonchev–Trinajstić information content (AvgIpc) is 2.73. The minimum atomic E-state index is -0.384. The number of benzene rings is 1. The number of aromatic nitrogens is 2. The van der Waals surface area contributed by atoms with Crippen molar-refractivity contribution in [1.82, 2.24) is 9.78 Å². The maximum atomic E-state index is 12.9. The summed E-state index contributed by atoms with van der Waals surface area (Å²) in [5.41, 5.74) is 0.433. The van der Waals surface area contributed by atoms with Crippen LogP contribution in [0.1, 0.15) is 0 Å². The van der Waals surface area contributed by atoms with Gasteiger partial charge >= 0.3 is 0 Å². The van der Waals surface area contributed by atoms with Gasteiger partial charge < -0.3 is 10.6 Å². The van der Waals surface area contributed by atoms with E-state index in [1.54, 1.807) is 30.1 Å². The van der Waals surface area contributed by atoms with Gasteiger partial charge in [-0.1, -0.05) is 6.07 Å². The van der Waals surface area contributed by atoms with Crippen molar-refractivity contribution in [1.29, 1.82) is 0 Å². The second-order valence-corrected chi connectivity index (χ2v) is 3.79. The topological polar surface area (TPSA) is 59.0 Å². The van der Waals surface area contributed by atoms with E-state index in [2.05, 4.69) is 15.7 Å². The van der Waals surface area contributed by atoms with Crippen LogP contribution in [-0.4, -0.2) is 22.2 Å². The third kappa shape index (κ3) is 3.31. The lowest BCUT2D eigenvalue weighted by atomic mass is 10.3. The number of anilines is 2. The van der Waals surface area contributed by atoms with Gasteiger partial charge in [-0.3, -0.25) is 9.48 Å². The highest BCUT2D eigenvalue weighted by molar-refractivity contribution is 5.93. The van der Waals surface area contributed by atoms with Gasteiger partial charge in [0.05, 0.1) is 6.54 Å². The van der Waals surface area contributed by atoms with Crippen LogP contribution in [0.25, 0.3) is 0 Å². The molecule has 2 N–H and O–H groups in total. The van der Waals surface area contributed by atoms with Crippen LogP contribution in [0.3, 0.4) is 0 Å². The summed E-state index contributed by atoms with van der Waals surface area (Å²) < 4.78 is 14.5. The number of aryl methyl sites for hydroxylation is 1. The van der Waals surface area contributed by atoms with Gasteiger partial charge in [0.1, 0.15) is 11.6 Å². The van der Waals surface area contributed by atoms with Gasteiger partial charge in [-0.15, -0.1) is 0 Å². The van der Waals surface area contributed by atoms with Crippen molar-refractivity contribution in [2.24, 2.45) is 7.05 Å². The van der Waals surface area contributed by atoms with Gasteiger partial charge in [-0.2, -0.15) is 5.10 Å². The predicted molar refractivity (Wildman–Crippen MR) is 66.7 cm³/mol. The van der Waals surface area contributed by atoms with Crippen LogP contribution >= 0.6 is 0 Å². The first-order valence-electron chi connectivity index (χ1n) is 5.42. The van der Waals surface area contributed by atoms with Gasteiger partial charge in [0.2, 0.25) is 5.91 Å². The summed E-state index contributed by atoms with van der Waals surface area (Å²) in [7, 11) is 1.79. The van der Waals surface area contributed by atoms with Crippen LogP contribution in [-0.2, 0) is 11.8 Å². The zero-order valence-corrected chi connectivity index (χ0v) is 9.85. The molecule has 0 unspecified atom stereocenters. The Hall–Kier alpha value is -2.37. The lowest BCUT2D eigenvalue weighted by Gasteiger charge is -2.05. The Morgan fingerprint density at radius 1 is 1.44 bits per heavy atom. The first kappa shape index (κ1) is 12.1. The van der Waals surface area contributed by atoms with Gasteiger partial charge in [0.25, 0.3) is 0 Å². The predicted octanol–water partition coefficient (Wildman–Crippen LogP) is 1.61. The van der Waals surface area contributed by atoms with Crippen molar-refractivity contribution in [3.8, 4) is 0 Å². The molecule has 2 aromatic rings. The molecule has 1 aromatic carbocycles. The van der Waals surface area contributed by atoms with E-state index in [1.165, 1.54) is 18.2 Å². The number of hydrogen-bond donors (Lipinski definition) is 2. The Morgan fingerprint density at radius 2 is 2.28 bits per heavy atom. The third-order valence-electron chi connectivity index (χ3n) is 2.25. The number of nitrogens with zero attached hydrogens (tertiary/aromatic N) is 2. The summed E-state index contributed by atoms with van der Waals surface area (Å²) in [6.07, 6.45) is 1.77. The van der Waals surface area contributed by atoms with Crippen molar-refractivity contribution in [3.63, 3.8) is 0 Å². The minimum Gasteiger partial charge on any atom is -0.360 e. The molecule has 0 fully saturated rings. The molecule has 1 amide bonds. The second-order valence-electron chi connectivity index (χ2n) is 3.79. The van der Waals surface area contributed by atoms with E-state index in [1.807, 2.05) is 0 Å². The highest BCUT2D eigenvalue weighted by atomic mass is 19.1. The van der Waals surface area contributed by atoms with Crippen LogP contribution in [0.5, 0.6) is 0 Å². The minimum absolute atomic E-state index is 0.0769. The largest absolute Gasteiger partial charge is 0.360 e. The number of nitrogens with one attached hydrogen (secondary N) is 2. The molecule has 5 nitrogen and oxygen atoms in total. The van der Waals surface area contributed by atoms with E-state index in [0.717, 1.165) is 0 Å². The molecule has 0 bridgehead atoms. The third-order valence-corrected chi connectivity index (χ3v) is 2.25. The molecule has 6 heteroatoms. The first-order valence-corrected chi connectivity index (χ1v) is 5.42. The highest BCUT2D eigenvalue weighted by Crippen LogP contribution is 2.08. The van der Waals surface area contributed by atoms with Crippen molar-refractivity contribution >= 4 is 17.4 Å². The Bertz CT molecular complexity index is 553. The normalized spacial score (nSPS) is 10.1. The zero-order chi connectivity index (χ0) is 13.0. The number of carbonyl (C=O) groups excluding carboxylic acids is 1. The maximum absolute atomic E-state index is 12.9. The van der Waals surface area contributed by atoms with Crippen LogP contribution in [0.15, 0.2) is 36.5 Å². The molecule has 0 saturated carbocycles. The molecule has 1 aromatic heterocycles. The first-order chi connectivity index (χ1) is 8.63. The molecular formula is C12H13FN4O. The number of amides is 1. The molecule has 0 aliphatic carbocycles. The quantitative estimate of drug-likeness (QED) is 0.864. The average molecular weight is 248 g/mol.